The minimum atomic E-state index is -0.824. The van der Waals surface area contributed by atoms with E-state index in [1.807, 2.05) is 0 Å². The number of benzene rings is 1. The highest BCUT2D eigenvalue weighted by Gasteiger charge is 2.31. The second kappa shape index (κ2) is 6.37. The maximum Gasteiger partial charge on any atom is 0.257 e. The Morgan fingerprint density at radius 1 is 1.50 bits per heavy atom. The van der Waals surface area contributed by atoms with E-state index < -0.39 is 17.5 Å². The Morgan fingerprint density at radius 3 is 2.85 bits per heavy atom. The third-order valence-electron chi connectivity index (χ3n) is 3.18. The molecule has 1 aromatic rings. The summed E-state index contributed by atoms with van der Waals surface area (Å²) in [6, 6.07) is 1.46. The van der Waals surface area contributed by atoms with Crippen LogP contribution >= 0.6 is 27.5 Å². The number of hydrogen-bond donors (Lipinski definition) is 0. The van der Waals surface area contributed by atoms with Gasteiger partial charge in [0.05, 0.1) is 29.3 Å². The summed E-state index contributed by atoms with van der Waals surface area (Å²) in [6.07, 6.45) is -0.157. The normalized spacial score (nSPS) is 22.9. The van der Waals surface area contributed by atoms with Crippen molar-refractivity contribution in [1.82, 2.24) is 4.90 Å². The van der Waals surface area contributed by atoms with Crippen molar-refractivity contribution < 1.29 is 18.3 Å². The fourth-order valence-corrected chi connectivity index (χ4v) is 2.58. The Morgan fingerprint density at radius 2 is 2.20 bits per heavy atom. The van der Waals surface area contributed by atoms with Gasteiger partial charge in [-0.2, -0.15) is 0 Å². The molecule has 1 aliphatic rings. The topological polar surface area (TPSA) is 29.5 Å². The van der Waals surface area contributed by atoms with E-state index in [1.165, 1.54) is 4.90 Å². The molecular formula is C13H13BrClF2NO2. The molecule has 0 radical (unpaired) electrons. The molecule has 1 aliphatic heterocycles. The van der Waals surface area contributed by atoms with Gasteiger partial charge in [0.2, 0.25) is 0 Å². The lowest BCUT2D eigenvalue weighted by atomic mass is 10.1. The second-order valence-electron chi connectivity index (χ2n) is 4.66. The van der Waals surface area contributed by atoms with Crippen molar-refractivity contribution in [2.75, 3.05) is 18.5 Å². The van der Waals surface area contributed by atoms with Gasteiger partial charge in [-0.05, 0) is 19.1 Å². The molecule has 0 spiro atoms. The summed E-state index contributed by atoms with van der Waals surface area (Å²) in [7, 11) is 0. The van der Waals surface area contributed by atoms with Crippen LogP contribution in [-0.4, -0.2) is 41.4 Å². The molecule has 1 fully saturated rings. The van der Waals surface area contributed by atoms with Gasteiger partial charge in [-0.3, -0.25) is 4.79 Å². The van der Waals surface area contributed by atoms with Crippen molar-refractivity contribution in [1.29, 1.82) is 0 Å². The van der Waals surface area contributed by atoms with Crippen LogP contribution in [0.3, 0.4) is 0 Å². The zero-order valence-corrected chi connectivity index (χ0v) is 13.0. The van der Waals surface area contributed by atoms with Gasteiger partial charge in [-0.1, -0.05) is 27.5 Å². The van der Waals surface area contributed by atoms with Gasteiger partial charge < -0.3 is 9.64 Å². The highest BCUT2D eigenvalue weighted by molar-refractivity contribution is 9.09. The minimum Gasteiger partial charge on any atom is -0.373 e. The van der Waals surface area contributed by atoms with E-state index in [0.717, 1.165) is 12.1 Å². The summed E-state index contributed by atoms with van der Waals surface area (Å²) in [5, 5.41) is 0.230. The first-order valence-electron chi connectivity index (χ1n) is 6.07. The molecule has 1 aromatic carbocycles. The number of hydrogen-bond acceptors (Lipinski definition) is 2. The van der Waals surface area contributed by atoms with Crippen LogP contribution in [0.5, 0.6) is 0 Å². The number of carbonyl (C=O) groups is 1. The van der Waals surface area contributed by atoms with Gasteiger partial charge in [-0.25, -0.2) is 8.78 Å². The quantitative estimate of drug-likeness (QED) is 0.592. The van der Waals surface area contributed by atoms with Crippen LogP contribution in [0.2, 0.25) is 5.02 Å². The van der Waals surface area contributed by atoms with Crippen LogP contribution in [0.1, 0.15) is 17.3 Å². The van der Waals surface area contributed by atoms with E-state index in [2.05, 4.69) is 15.9 Å². The molecular weight excluding hydrogens is 356 g/mol. The van der Waals surface area contributed by atoms with Gasteiger partial charge in [0, 0.05) is 11.9 Å². The first-order valence-corrected chi connectivity index (χ1v) is 7.57. The van der Waals surface area contributed by atoms with Crippen molar-refractivity contribution >= 4 is 33.4 Å². The first kappa shape index (κ1) is 15.7. The van der Waals surface area contributed by atoms with E-state index in [0.29, 0.717) is 18.5 Å². The zero-order chi connectivity index (χ0) is 14.9. The Hall–Kier alpha value is -0.720. The molecule has 1 amide bonds. The Bertz CT molecular complexity index is 529. The Kier molecular flexibility index (Phi) is 4.99. The number of ether oxygens (including phenoxy) is 1. The summed E-state index contributed by atoms with van der Waals surface area (Å²) in [6.45, 7) is 2.49. The fourth-order valence-electron chi connectivity index (χ4n) is 2.03. The molecule has 20 heavy (non-hydrogen) atoms. The lowest BCUT2D eigenvalue weighted by Crippen LogP contribution is -2.51. The molecule has 0 saturated carbocycles. The minimum absolute atomic E-state index is 0.157. The number of halogens is 4. The Labute approximate surface area is 129 Å². The van der Waals surface area contributed by atoms with Crippen molar-refractivity contribution in [2.24, 2.45) is 0 Å². The van der Waals surface area contributed by atoms with Crippen molar-refractivity contribution in [2.45, 2.75) is 19.1 Å². The average molecular weight is 369 g/mol. The second-order valence-corrected chi connectivity index (χ2v) is 5.72. The molecule has 7 heteroatoms. The number of carbonyl (C=O) groups excluding carboxylic acids is 1. The van der Waals surface area contributed by atoms with E-state index in [-0.39, 0.29) is 22.7 Å². The predicted octanol–water partition coefficient (Wildman–Crippen LogP) is 3.24. The molecule has 2 rings (SSSR count). The zero-order valence-electron chi connectivity index (χ0n) is 10.7. The Balaban J connectivity index is 2.28. The number of alkyl halides is 1. The number of nitrogens with zero attached hydrogens (tertiary/aromatic N) is 1. The average Bonchev–Trinajstić information content (AvgIpc) is 2.42. The maximum atomic E-state index is 13.8. The molecule has 0 aromatic heterocycles. The summed E-state index contributed by atoms with van der Waals surface area (Å²) in [4.78, 5) is 13.8. The number of rotatable bonds is 2. The fraction of sp³-hybridized carbons (Fsp3) is 0.462. The van der Waals surface area contributed by atoms with Crippen LogP contribution in [0.15, 0.2) is 12.1 Å². The standard InChI is InChI=1S/C13H13BrClF2NO2/c1-7-6-20-8(4-14)5-18(7)13(19)9-2-12(17)10(15)3-11(9)16/h2-3,7-8H,4-6H2,1H3. The summed E-state index contributed by atoms with van der Waals surface area (Å²) < 4.78 is 32.7. The van der Waals surface area contributed by atoms with Gasteiger partial charge >= 0.3 is 0 Å². The lowest BCUT2D eigenvalue weighted by Gasteiger charge is -2.37. The number of morpholine rings is 1. The first-order chi connectivity index (χ1) is 9.43. The third kappa shape index (κ3) is 3.13. The molecule has 0 aliphatic carbocycles. The molecule has 1 heterocycles. The van der Waals surface area contributed by atoms with E-state index >= 15 is 0 Å². The molecule has 0 N–H and O–H groups in total. The summed E-state index contributed by atoms with van der Waals surface area (Å²) in [5.41, 5.74) is -0.311. The van der Waals surface area contributed by atoms with Gasteiger partial charge in [0.15, 0.2) is 0 Å². The lowest BCUT2D eigenvalue weighted by molar-refractivity contribution is -0.0363. The maximum absolute atomic E-state index is 13.8. The summed E-state index contributed by atoms with van der Waals surface area (Å²) >= 11 is 8.77. The highest BCUT2D eigenvalue weighted by Crippen LogP contribution is 2.23. The van der Waals surface area contributed by atoms with Crippen LogP contribution in [0.4, 0.5) is 8.78 Å². The van der Waals surface area contributed by atoms with Gasteiger partial charge in [-0.15, -0.1) is 0 Å². The molecule has 2 atom stereocenters. The van der Waals surface area contributed by atoms with Crippen LogP contribution < -0.4 is 0 Å². The van der Waals surface area contributed by atoms with Gasteiger partial charge in [0.25, 0.3) is 5.91 Å². The highest BCUT2D eigenvalue weighted by atomic mass is 79.9. The van der Waals surface area contributed by atoms with E-state index in [9.17, 15) is 13.6 Å². The largest absolute Gasteiger partial charge is 0.373 e. The van der Waals surface area contributed by atoms with Crippen LogP contribution in [0, 0.1) is 11.6 Å². The van der Waals surface area contributed by atoms with Crippen LogP contribution in [0.25, 0.3) is 0 Å². The predicted molar refractivity (Wildman–Crippen MR) is 75.4 cm³/mol. The van der Waals surface area contributed by atoms with Crippen molar-refractivity contribution in [3.05, 3.63) is 34.4 Å². The monoisotopic (exact) mass is 367 g/mol. The molecule has 110 valence electrons. The third-order valence-corrected chi connectivity index (χ3v) is 4.19. The molecule has 3 nitrogen and oxygen atoms in total. The molecule has 2 unspecified atom stereocenters. The van der Waals surface area contributed by atoms with Crippen molar-refractivity contribution in [3.8, 4) is 0 Å². The molecule has 1 saturated heterocycles. The van der Waals surface area contributed by atoms with Crippen LogP contribution in [-0.2, 0) is 4.74 Å². The van der Waals surface area contributed by atoms with E-state index in [1.54, 1.807) is 6.92 Å². The SMILES string of the molecule is CC1COC(CBr)CN1C(=O)c1cc(F)c(Cl)cc1F. The summed E-state index contributed by atoms with van der Waals surface area (Å²) in [5.74, 6) is -2.19. The van der Waals surface area contributed by atoms with Gasteiger partial charge in [0.1, 0.15) is 11.6 Å². The van der Waals surface area contributed by atoms with E-state index in [4.69, 9.17) is 16.3 Å². The number of amides is 1. The van der Waals surface area contributed by atoms with Crippen molar-refractivity contribution in [3.63, 3.8) is 0 Å². The smallest absolute Gasteiger partial charge is 0.257 e. The molecule has 0 bridgehead atoms.